The average molecular weight is 180 g/mol. The number of imidazole rings is 1. The Kier molecular flexibility index (Phi) is 1.98. The fourth-order valence-corrected chi connectivity index (χ4v) is 2.05. The van der Waals surface area contributed by atoms with Crippen molar-refractivity contribution < 1.29 is 0 Å². The number of hydrogen-bond acceptors (Lipinski definition) is 2. The van der Waals surface area contributed by atoms with Gasteiger partial charge in [0.25, 0.3) is 0 Å². The molecule has 2 heterocycles. The third-order valence-electron chi connectivity index (χ3n) is 2.77. The van der Waals surface area contributed by atoms with Crippen LogP contribution in [0, 0.1) is 6.92 Å². The lowest BCUT2D eigenvalue weighted by Gasteiger charge is -2.08. The summed E-state index contributed by atoms with van der Waals surface area (Å²) in [5.74, 6) is 0. The second-order valence-electron chi connectivity index (χ2n) is 3.80. The average Bonchev–Trinajstić information content (AvgIpc) is 2.38. The Balaban J connectivity index is 3.05. The highest BCUT2D eigenvalue weighted by Crippen LogP contribution is 1.91. The molecule has 0 aromatic carbocycles. The molecule has 0 bridgehead atoms. The van der Waals surface area contributed by atoms with E-state index in [1.165, 1.54) is 11.0 Å². The molecule has 0 N–H and O–H groups in total. The zero-order valence-corrected chi connectivity index (χ0v) is 9.34. The maximum absolute atomic E-state index is 4.50. The van der Waals surface area contributed by atoms with Gasteiger partial charge < -0.3 is 4.40 Å². The summed E-state index contributed by atoms with van der Waals surface area (Å²) in [6.45, 7) is 2.05. The molecule has 2 aromatic rings. The van der Waals surface area contributed by atoms with Crippen LogP contribution >= 0.6 is 0 Å². The minimum atomic E-state index is 1.02. The second-order valence-corrected chi connectivity index (χ2v) is 3.80. The topological polar surface area (TPSA) is 30.2 Å². The van der Waals surface area contributed by atoms with Gasteiger partial charge in [-0.05, 0) is 12.4 Å². The van der Waals surface area contributed by atoms with Crippen LogP contribution in [0.15, 0.2) is 0 Å². The highest BCUT2D eigenvalue weighted by molar-refractivity contribution is 6.47. The van der Waals surface area contributed by atoms with Gasteiger partial charge in [0, 0.05) is 11.3 Å². The molecule has 0 aliphatic rings. The Hall–Kier alpha value is -1.12. The van der Waals surface area contributed by atoms with E-state index in [1.807, 2.05) is 30.5 Å². The van der Waals surface area contributed by atoms with E-state index in [0.29, 0.717) is 0 Å². The highest BCUT2D eigenvalue weighted by Gasteiger charge is 2.10. The highest BCUT2D eigenvalue weighted by atomic mass is 15.1. The van der Waals surface area contributed by atoms with Crippen molar-refractivity contribution in [1.29, 1.82) is 0 Å². The number of nitrogens with zero attached hydrogens (tertiary/aromatic N) is 3. The van der Waals surface area contributed by atoms with E-state index in [0.717, 1.165) is 22.7 Å². The molecule has 0 spiro atoms. The van der Waals surface area contributed by atoms with E-state index in [-0.39, 0.29) is 0 Å². The van der Waals surface area contributed by atoms with Crippen LogP contribution in [0.4, 0.5) is 0 Å². The fraction of sp³-hybridized carbons (Fsp3) is 0.143. The van der Waals surface area contributed by atoms with Crippen LogP contribution in [0.5, 0.6) is 0 Å². The first-order valence-electron chi connectivity index (χ1n) is 4.82. The number of aromatic nitrogens is 3. The normalized spacial score (nSPS) is 10.9. The quantitative estimate of drug-likeness (QED) is 0.378. The van der Waals surface area contributed by atoms with Gasteiger partial charge in [-0.25, -0.2) is 0 Å². The van der Waals surface area contributed by atoms with Crippen LogP contribution < -0.4 is 22.5 Å². The lowest BCUT2D eigenvalue weighted by atomic mass is 9.88. The van der Waals surface area contributed by atoms with Gasteiger partial charge in [-0.2, -0.15) is 0 Å². The minimum Gasteiger partial charge on any atom is -0.304 e. The molecule has 0 amide bonds. The van der Waals surface area contributed by atoms with Crippen LogP contribution in [-0.2, 0) is 0 Å². The Morgan fingerprint density at radius 3 is 2.21 bits per heavy atom. The van der Waals surface area contributed by atoms with E-state index in [1.54, 1.807) is 0 Å². The van der Waals surface area contributed by atoms with Crippen LogP contribution in [0.1, 0.15) is 5.69 Å². The lowest BCUT2D eigenvalue weighted by molar-refractivity contribution is 1.14. The Bertz CT molecular complexity index is 519. The van der Waals surface area contributed by atoms with Crippen molar-refractivity contribution in [3.63, 3.8) is 0 Å². The molecule has 2 rings (SSSR count). The summed E-state index contributed by atoms with van der Waals surface area (Å²) in [5.41, 5.74) is 6.67. The van der Waals surface area contributed by atoms with Crippen LogP contribution in [0.2, 0.25) is 0 Å². The molecule has 0 radical (unpaired) electrons. The SMILES string of the molecule is Bc1nc(B)n2c(B)nc(C)c(B)c12. The van der Waals surface area contributed by atoms with E-state index >= 15 is 0 Å². The van der Waals surface area contributed by atoms with Crippen molar-refractivity contribution in [3.8, 4) is 0 Å². The van der Waals surface area contributed by atoms with E-state index in [2.05, 4.69) is 22.2 Å². The summed E-state index contributed by atoms with van der Waals surface area (Å²) in [4.78, 5) is 8.97. The molecule has 0 fully saturated rings. The van der Waals surface area contributed by atoms with Gasteiger partial charge in [0.2, 0.25) is 0 Å². The third-order valence-corrected chi connectivity index (χ3v) is 2.77. The molecule has 7 heteroatoms. The number of aryl methyl sites for hydroxylation is 1. The second kappa shape index (κ2) is 2.94. The van der Waals surface area contributed by atoms with E-state index in [9.17, 15) is 0 Å². The lowest BCUT2D eigenvalue weighted by Crippen LogP contribution is -2.33. The first kappa shape index (κ1) is 9.44. The molecule has 66 valence electrons. The largest absolute Gasteiger partial charge is 0.304 e. The maximum atomic E-state index is 4.50. The molecular formula is C7H11B4N3. The number of hydrogen-bond donors (Lipinski definition) is 0. The standard InChI is InChI=1S/C7H11B4N3/c1-2-3(8)4-5(9)13-7(11)14(4)6(10)12-2/h8-11H2,1H3. The first-order valence-corrected chi connectivity index (χ1v) is 4.82. The molecule has 2 aromatic heterocycles. The smallest absolute Gasteiger partial charge is 0.187 e. The van der Waals surface area contributed by atoms with Crippen molar-refractivity contribution in [3.05, 3.63) is 5.69 Å². The van der Waals surface area contributed by atoms with Crippen molar-refractivity contribution in [2.45, 2.75) is 6.92 Å². The van der Waals surface area contributed by atoms with Crippen LogP contribution in [0.25, 0.3) is 5.52 Å². The molecule has 0 saturated carbocycles. The first-order chi connectivity index (χ1) is 6.52. The Morgan fingerprint density at radius 2 is 1.57 bits per heavy atom. The van der Waals surface area contributed by atoms with Gasteiger partial charge in [0.05, 0.1) is 17.0 Å². The molecule has 0 atom stereocenters. The Morgan fingerprint density at radius 1 is 1.00 bits per heavy atom. The van der Waals surface area contributed by atoms with Crippen molar-refractivity contribution >= 4 is 59.4 Å². The molecular weight excluding hydrogens is 169 g/mol. The van der Waals surface area contributed by atoms with Gasteiger partial charge in [0.1, 0.15) is 7.85 Å². The third kappa shape index (κ3) is 1.11. The van der Waals surface area contributed by atoms with Gasteiger partial charge in [0.15, 0.2) is 23.5 Å². The monoisotopic (exact) mass is 181 g/mol. The van der Waals surface area contributed by atoms with E-state index in [4.69, 9.17) is 0 Å². The fourth-order valence-electron chi connectivity index (χ4n) is 2.05. The zero-order valence-electron chi connectivity index (χ0n) is 9.34. The van der Waals surface area contributed by atoms with Gasteiger partial charge in [-0.1, -0.05) is 0 Å². The molecule has 14 heavy (non-hydrogen) atoms. The maximum Gasteiger partial charge on any atom is 0.187 e. The van der Waals surface area contributed by atoms with E-state index < -0.39 is 0 Å². The summed E-state index contributed by atoms with van der Waals surface area (Å²) in [5, 5.41) is 0. The molecule has 0 unspecified atom stereocenters. The summed E-state index contributed by atoms with van der Waals surface area (Å²) < 4.78 is 2.12. The van der Waals surface area contributed by atoms with Gasteiger partial charge >= 0.3 is 0 Å². The molecule has 0 aliphatic carbocycles. The van der Waals surface area contributed by atoms with Crippen molar-refractivity contribution in [2.75, 3.05) is 0 Å². The van der Waals surface area contributed by atoms with Crippen LogP contribution in [-0.4, -0.2) is 45.8 Å². The van der Waals surface area contributed by atoms with Crippen molar-refractivity contribution in [2.24, 2.45) is 0 Å². The predicted octanol–water partition coefficient (Wildman–Crippen LogP) is -5.93. The zero-order chi connectivity index (χ0) is 10.5. The summed E-state index contributed by atoms with van der Waals surface area (Å²) >= 11 is 0. The predicted molar refractivity (Wildman–Crippen MR) is 70.4 cm³/mol. The molecule has 0 saturated heterocycles. The number of fused-ring (bicyclic) bond motifs is 1. The van der Waals surface area contributed by atoms with Crippen LogP contribution in [0.3, 0.4) is 0 Å². The van der Waals surface area contributed by atoms with Gasteiger partial charge in [-0.15, -0.1) is 0 Å². The number of rotatable bonds is 0. The minimum absolute atomic E-state index is 1.02. The van der Waals surface area contributed by atoms with Crippen molar-refractivity contribution in [1.82, 2.24) is 14.4 Å². The molecule has 3 nitrogen and oxygen atoms in total. The summed E-state index contributed by atoms with van der Waals surface area (Å²) in [7, 11) is 8.19. The summed E-state index contributed by atoms with van der Waals surface area (Å²) in [6, 6.07) is 0. The summed E-state index contributed by atoms with van der Waals surface area (Å²) in [6.07, 6.45) is 0. The Labute approximate surface area is 87.0 Å². The molecule has 0 aliphatic heterocycles. The van der Waals surface area contributed by atoms with Gasteiger partial charge in [-0.3, -0.25) is 9.97 Å².